The lowest BCUT2D eigenvalue weighted by molar-refractivity contribution is -0.146. The average molecular weight is 187 g/mol. The van der Waals surface area contributed by atoms with E-state index in [0.717, 1.165) is 19.3 Å². The molecule has 0 rings (SSSR count). The summed E-state index contributed by atoms with van der Waals surface area (Å²) in [5.74, 6) is -0.0584. The molecule has 0 aliphatic rings. The second kappa shape index (κ2) is 6.89. The fourth-order valence-corrected chi connectivity index (χ4v) is 0.900. The van der Waals surface area contributed by atoms with Gasteiger partial charge in [0.15, 0.2) is 0 Å². The van der Waals surface area contributed by atoms with Crippen LogP contribution in [0.1, 0.15) is 40.0 Å². The van der Waals surface area contributed by atoms with E-state index in [1.54, 1.807) is 0 Å². The molecule has 2 atom stereocenters. The number of rotatable bonds is 6. The summed E-state index contributed by atoms with van der Waals surface area (Å²) in [7, 11) is 0. The smallest absolute Gasteiger partial charge is 0.323 e. The van der Waals surface area contributed by atoms with Gasteiger partial charge < -0.3 is 10.5 Å². The van der Waals surface area contributed by atoms with Gasteiger partial charge in [0, 0.05) is 0 Å². The van der Waals surface area contributed by atoms with Crippen molar-refractivity contribution in [2.24, 2.45) is 11.7 Å². The molecule has 0 fully saturated rings. The SMILES string of the molecule is CCCCOC(=O)[C@@H](N)C(C)CC. The quantitative estimate of drug-likeness (QED) is 0.508. The first-order valence-electron chi connectivity index (χ1n) is 5.05. The maximum Gasteiger partial charge on any atom is 0.323 e. The van der Waals surface area contributed by atoms with Crippen LogP contribution in [0.4, 0.5) is 0 Å². The van der Waals surface area contributed by atoms with Crippen molar-refractivity contribution in [1.82, 2.24) is 0 Å². The molecule has 2 N–H and O–H groups in total. The van der Waals surface area contributed by atoms with Gasteiger partial charge in [-0.15, -0.1) is 0 Å². The lowest BCUT2D eigenvalue weighted by Crippen LogP contribution is -2.38. The second-order valence-electron chi connectivity index (χ2n) is 3.43. The monoisotopic (exact) mass is 187 g/mol. The van der Waals surface area contributed by atoms with E-state index in [1.807, 2.05) is 13.8 Å². The number of nitrogens with two attached hydrogens (primary N) is 1. The van der Waals surface area contributed by atoms with Crippen molar-refractivity contribution < 1.29 is 9.53 Å². The zero-order chi connectivity index (χ0) is 10.3. The van der Waals surface area contributed by atoms with Crippen molar-refractivity contribution in [1.29, 1.82) is 0 Å². The molecule has 0 spiro atoms. The molecule has 0 aromatic heterocycles. The van der Waals surface area contributed by atoms with Gasteiger partial charge in [0.1, 0.15) is 6.04 Å². The third kappa shape index (κ3) is 4.88. The first-order chi connectivity index (χ1) is 6.13. The number of ether oxygens (including phenoxy) is 1. The van der Waals surface area contributed by atoms with Gasteiger partial charge in [-0.1, -0.05) is 33.6 Å². The molecule has 0 bridgehead atoms. The van der Waals surface area contributed by atoms with Crippen LogP contribution in [0, 0.1) is 5.92 Å². The number of carbonyl (C=O) groups is 1. The Morgan fingerprint density at radius 2 is 2.08 bits per heavy atom. The minimum atomic E-state index is -0.457. The van der Waals surface area contributed by atoms with Crippen LogP contribution in [-0.4, -0.2) is 18.6 Å². The minimum Gasteiger partial charge on any atom is -0.465 e. The number of unbranched alkanes of at least 4 members (excludes halogenated alkanes) is 1. The van der Waals surface area contributed by atoms with Gasteiger partial charge in [-0.25, -0.2) is 0 Å². The van der Waals surface area contributed by atoms with Crippen molar-refractivity contribution in [3.8, 4) is 0 Å². The predicted octanol–water partition coefficient (Wildman–Crippen LogP) is 1.70. The van der Waals surface area contributed by atoms with E-state index in [4.69, 9.17) is 10.5 Å². The lowest BCUT2D eigenvalue weighted by Gasteiger charge is -2.16. The Morgan fingerprint density at radius 1 is 1.46 bits per heavy atom. The Bertz CT molecular complexity index is 148. The van der Waals surface area contributed by atoms with E-state index in [-0.39, 0.29) is 11.9 Å². The molecule has 0 saturated carbocycles. The zero-order valence-electron chi connectivity index (χ0n) is 8.88. The summed E-state index contributed by atoms with van der Waals surface area (Å²) in [5, 5.41) is 0. The third-order valence-corrected chi connectivity index (χ3v) is 2.27. The first kappa shape index (κ1) is 12.4. The Labute approximate surface area is 80.6 Å². The third-order valence-electron chi connectivity index (χ3n) is 2.27. The van der Waals surface area contributed by atoms with E-state index in [1.165, 1.54) is 0 Å². The minimum absolute atomic E-state index is 0.203. The zero-order valence-corrected chi connectivity index (χ0v) is 8.88. The summed E-state index contributed by atoms with van der Waals surface area (Å²) in [6.07, 6.45) is 2.86. The molecular weight excluding hydrogens is 166 g/mol. The van der Waals surface area contributed by atoms with Crippen molar-refractivity contribution in [3.05, 3.63) is 0 Å². The van der Waals surface area contributed by atoms with Crippen LogP contribution in [0.15, 0.2) is 0 Å². The van der Waals surface area contributed by atoms with E-state index >= 15 is 0 Å². The molecule has 0 aromatic rings. The standard InChI is InChI=1S/C10H21NO2/c1-4-6-7-13-10(12)9(11)8(3)5-2/h8-9H,4-7,11H2,1-3H3/t8?,9-/m0/s1. The molecule has 0 aromatic carbocycles. The van der Waals surface area contributed by atoms with Crippen LogP contribution < -0.4 is 5.73 Å². The summed E-state index contributed by atoms with van der Waals surface area (Å²) in [6, 6.07) is -0.457. The molecule has 13 heavy (non-hydrogen) atoms. The first-order valence-corrected chi connectivity index (χ1v) is 5.05. The maximum atomic E-state index is 11.3. The van der Waals surface area contributed by atoms with E-state index in [0.29, 0.717) is 6.61 Å². The van der Waals surface area contributed by atoms with Gasteiger partial charge in [-0.2, -0.15) is 0 Å². The Hall–Kier alpha value is -0.570. The molecule has 3 heteroatoms. The fourth-order valence-electron chi connectivity index (χ4n) is 0.900. The van der Waals surface area contributed by atoms with Gasteiger partial charge in [-0.05, 0) is 12.3 Å². The van der Waals surface area contributed by atoms with Crippen LogP contribution in [0.25, 0.3) is 0 Å². The molecule has 0 aliphatic heterocycles. The van der Waals surface area contributed by atoms with Crippen molar-refractivity contribution in [2.75, 3.05) is 6.61 Å². The highest BCUT2D eigenvalue weighted by molar-refractivity contribution is 5.75. The summed E-state index contributed by atoms with van der Waals surface area (Å²) in [5.41, 5.74) is 5.68. The van der Waals surface area contributed by atoms with Gasteiger partial charge >= 0.3 is 5.97 Å². The molecule has 78 valence electrons. The second-order valence-corrected chi connectivity index (χ2v) is 3.43. The number of hydrogen-bond acceptors (Lipinski definition) is 3. The molecule has 0 amide bonds. The van der Waals surface area contributed by atoms with Gasteiger partial charge in [-0.3, -0.25) is 4.79 Å². The fraction of sp³-hybridized carbons (Fsp3) is 0.900. The number of carbonyl (C=O) groups excluding carboxylic acids is 1. The van der Waals surface area contributed by atoms with Crippen molar-refractivity contribution >= 4 is 5.97 Å². The summed E-state index contributed by atoms with van der Waals surface area (Å²) in [4.78, 5) is 11.3. The molecular formula is C10H21NO2. The lowest BCUT2D eigenvalue weighted by atomic mass is 10.0. The molecule has 0 aliphatic carbocycles. The Balaban J connectivity index is 3.69. The van der Waals surface area contributed by atoms with Gasteiger partial charge in [0.05, 0.1) is 6.61 Å². The van der Waals surface area contributed by atoms with Crippen molar-refractivity contribution in [2.45, 2.75) is 46.1 Å². The maximum absolute atomic E-state index is 11.3. The molecule has 0 radical (unpaired) electrons. The summed E-state index contributed by atoms with van der Waals surface area (Å²) in [6.45, 7) is 6.54. The average Bonchev–Trinajstić information content (AvgIpc) is 2.15. The molecule has 1 unspecified atom stereocenters. The van der Waals surface area contributed by atoms with Crippen LogP contribution in [0.2, 0.25) is 0 Å². The molecule has 0 saturated heterocycles. The molecule has 0 heterocycles. The van der Waals surface area contributed by atoms with Crippen molar-refractivity contribution in [3.63, 3.8) is 0 Å². The van der Waals surface area contributed by atoms with E-state index in [2.05, 4.69) is 6.92 Å². The topological polar surface area (TPSA) is 52.3 Å². The van der Waals surface area contributed by atoms with Crippen LogP contribution >= 0.6 is 0 Å². The highest BCUT2D eigenvalue weighted by Crippen LogP contribution is 2.06. The van der Waals surface area contributed by atoms with Crippen LogP contribution in [0.5, 0.6) is 0 Å². The Morgan fingerprint density at radius 3 is 2.54 bits per heavy atom. The Kier molecular flexibility index (Phi) is 6.59. The summed E-state index contributed by atoms with van der Waals surface area (Å²) < 4.78 is 5.00. The van der Waals surface area contributed by atoms with E-state index < -0.39 is 6.04 Å². The van der Waals surface area contributed by atoms with Gasteiger partial charge in [0.25, 0.3) is 0 Å². The van der Waals surface area contributed by atoms with Crippen LogP contribution in [0.3, 0.4) is 0 Å². The highest BCUT2D eigenvalue weighted by atomic mass is 16.5. The number of esters is 1. The number of hydrogen-bond donors (Lipinski definition) is 1. The molecule has 3 nitrogen and oxygen atoms in total. The normalized spacial score (nSPS) is 15.1. The van der Waals surface area contributed by atoms with Crippen LogP contribution in [-0.2, 0) is 9.53 Å². The van der Waals surface area contributed by atoms with Gasteiger partial charge in [0.2, 0.25) is 0 Å². The largest absolute Gasteiger partial charge is 0.465 e. The predicted molar refractivity (Wildman–Crippen MR) is 53.3 cm³/mol. The summed E-state index contributed by atoms with van der Waals surface area (Å²) >= 11 is 0. The van der Waals surface area contributed by atoms with E-state index in [9.17, 15) is 4.79 Å². The highest BCUT2D eigenvalue weighted by Gasteiger charge is 2.20.